The van der Waals surface area contributed by atoms with Crippen LogP contribution in [0.3, 0.4) is 0 Å². The number of halogens is 18. The Kier molecular flexibility index (Phi) is 31.0. The standard InChI is InChI=1S/C32H31F6N3O5S.C31H29F6N3O3.C24H25F6N3O3S/c1-22(24-16-26(31(33,34)35)18-27(17-24)32(36,37)38)46-21-29(25-12-8-5-9-13-25)14-15-30(39-2,40-47(3,43)44)20-41(29)28(42)45-19-23-10-6-4-7-11-23;1-21(23-15-25(30(32,33)34)17-26(16-23)31(35,36)37)43-20-28(24-11-7-4-8-12-24)13-14-29(38,39-2)19-40(28)27(41)42-18-22-9-5-3-6-10-22;1-16(17-11-19(23(25,26)27)13-20(12-17)24(28,29)30)36-15-21(18-7-5-4-6-8-18)9-10-22(31-2,14-32-21)33-37(3,34)35/h4-13,16-18,22,40H,14-15,19-21H2,1,3H3;3-12,15-17,21H,13-14,18-20,38H2,1H3;4-8,11-13,16,32-33H,9-10,14-15H2,1,3H3/t22-,29-,30+;21-,28-,29-;16-,21-,22+/m111/s1. The van der Waals surface area contributed by atoms with Crippen molar-refractivity contribution in [1.29, 1.82) is 0 Å². The van der Waals surface area contributed by atoms with Crippen molar-refractivity contribution in [2.75, 3.05) is 52.0 Å². The van der Waals surface area contributed by atoms with E-state index in [0.717, 1.165) is 17.4 Å². The normalized spacial score (nSPS) is 22.1. The predicted molar refractivity (Wildman–Crippen MR) is 427 cm³/mol. The quantitative estimate of drug-likeness (QED) is 0.0345. The fourth-order valence-electron chi connectivity index (χ4n) is 14.8. The van der Waals surface area contributed by atoms with Crippen LogP contribution in [0.2, 0.25) is 0 Å². The molecule has 3 aliphatic heterocycles. The van der Waals surface area contributed by atoms with Crippen molar-refractivity contribution < 1.29 is 129 Å². The molecule has 3 fully saturated rings. The topological polar surface area (TPSA) is 230 Å². The zero-order chi connectivity index (χ0) is 93.8. The van der Waals surface area contributed by atoms with Crippen LogP contribution < -0.4 is 20.5 Å². The third-order valence-electron chi connectivity index (χ3n) is 21.7. The Hall–Kier alpha value is -10.9. The predicted octanol–water partition coefficient (Wildman–Crippen LogP) is 20.2. The molecule has 0 spiro atoms. The maximum absolute atomic E-state index is 13.9. The number of sulfonamides is 2. The fraction of sp³-hybridized carbons (Fsp3) is 0.391. The summed E-state index contributed by atoms with van der Waals surface area (Å²) < 4.78 is 324. The number of rotatable bonds is 23. The number of carbonyl (C=O) groups excluding carboxylic acids is 2. The van der Waals surface area contributed by atoms with Crippen molar-refractivity contribution in [3.05, 3.63) is 318 Å². The van der Waals surface area contributed by atoms with Crippen LogP contribution in [0.15, 0.2) is 206 Å². The molecule has 9 atom stereocenters. The van der Waals surface area contributed by atoms with E-state index in [1.54, 1.807) is 152 Å². The summed E-state index contributed by atoms with van der Waals surface area (Å²) in [6, 6.07) is 47.0. The first-order valence-corrected chi connectivity index (χ1v) is 42.4. The monoisotopic (exact) mass is 1840 g/mol. The summed E-state index contributed by atoms with van der Waals surface area (Å²) in [7, 11) is -7.66. The van der Waals surface area contributed by atoms with E-state index in [0.29, 0.717) is 64.2 Å². The maximum Gasteiger partial charge on any atom is 0.416 e. The molecule has 8 aromatic carbocycles. The second kappa shape index (κ2) is 39.4. The molecule has 0 saturated carbocycles. The van der Waals surface area contributed by atoms with E-state index in [1.165, 1.54) is 25.7 Å². The zero-order valence-corrected chi connectivity index (χ0v) is 69.8. The lowest BCUT2D eigenvalue weighted by Gasteiger charge is -2.49. The van der Waals surface area contributed by atoms with Crippen molar-refractivity contribution >= 4 is 32.2 Å². The molecule has 2 amide bonds. The molecule has 40 heteroatoms. The molecule has 3 aliphatic rings. The summed E-state index contributed by atoms with van der Waals surface area (Å²) in [4.78, 5) is 40.5. The van der Waals surface area contributed by atoms with Crippen LogP contribution in [0.25, 0.3) is 14.5 Å². The number of nitrogens with zero attached hydrogens (tertiary/aromatic N) is 5. The number of piperidine rings is 3. The van der Waals surface area contributed by atoms with E-state index in [2.05, 4.69) is 29.3 Å². The minimum absolute atomic E-state index is 0.0199. The molecular formula is C87H85F18N9O11S2. The van der Waals surface area contributed by atoms with Crippen LogP contribution in [0, 0.1) is 19.7 Å². The van der Waals surface area contributed by atoms with Gasteiger partial charge in [-0.1, -0.05) is 152 Å². The van der Waals surface area contributed by atoms with Crippen LogP contribution in [-0.2, 0) is 111 Å². The highest BCUT2D eigenvalue weighted by molar-refractivity contribution is 7.89. The fourth-order valence-corrected chi connectivity index (χ4v) is 16.6. The number of carbonyl (C=O) groups is 2. The van der Waals surface area contributed by atoms with Gasteiger partial charge in [-0.2, -0.15) is 79.0 Å². The second-order valence-corrected chi connectivity index (χ2v) is 34.5. The Morgan fingerprint density at radius 3 is 1.00 bits per heavy atom. The molecule has 5 N–H and O–H groups in total. The van der Waals surface area contributed by atoms with Crippen LogP contribution in [0.4, 0.5) is 88.6 Å². The molecule has 20 nitrogen and oxygen atoms in total. The van der Waals surface area contributed by atoms with Gasteiger partial charge in [-0.15, -0.1) is 9.44 Å². The number of benzene rings is 8. The molecule has 0 aromatic heterocycles. The van der Waals surface area contributed by atoms with Crippen LogP contribution in [0.5, 0.6) is 0 Å². The van der Waals surface area contributed by atoms with Gasteiger partial charge in [0.05, 0.1) is 107 Å². The number of hydrogen-bond donors (Lipinski definition) is 4. The van der Waals surface area contributed by atoms with Crippen LogP contribution in [0.1, 0.15) is 155 Å². The number of nitrogens with two attached hydrogens (primary N) is 1. The van der Waals surface area contributed by atoms with Gasteiger partial charge in [0.2, 0.25) is 20.0 Å². The first-order chi connectivity index (χ1) is 59.0. The van der Waals surface area contributed by atoms with E-state index in [9.17, 15) is 105 Å². The van der Waals surface area contributed by atoms with Crippen molar-refractivity contribution in [2.45, 2.75) is 161 Å². The third kappa shape index (κ3) is 26.0. The molecule has 3 saturated heterocycles. The van der Waals surface area contributed by atoms with E-state index < -0.39 is 173 Å². The lowest BCUT2D eigenvalue weighted by molar-refractivity contribution is -0.145. The van der Waals surface area contributed by atoms with Gasteiger partial charge in [-0.25, -0.2) is 46.1 Å². The first kappa shape index (κ1) is 99.9. The molecule has 0 aliphatic carbocycles. The highest BCUT2D eigenvalue weighted by atomic mass is 32.2. The van der Waals surface area contributed by atoms with Gasteiger partial charge in [0.15, 0.2) is 0 Å². The van der Waals surface area contributed by atoms with Gasteiger partial charge in [-0.3, -0.25) is 35.4 Å². The van der Waals surface area contributed by atoms with Crippen molar-refractivity contribution in [2.24, 2.45) is 5.73 Å². The number of likely N-dealkylation sites (tertiary alicyclic amines) is 2. The molecule has 0 bridgehead atoms. The Morgan fingerprint density at radius 1 is 0.409 bits per heavy atom. The average Bonchev–Trinajstić information content (AvgIpc) is 0.743. The summed E-state index contributed by atoms with van der Waals surface area (Å²) in [5.41, 5.74) is -8.91. The summed E-state index contributed by atoms with van der Waals surface area (Å²) in [5.74, 6) is 0. The highest BCUT2D eigenvalue weighted by Crippen LogP contribution is 2.49. The van der Waals surface area contributed by atoms with Crippen molar-refractivity contribution in [3.63, 3.8) is 0 Å². The Morgan fingerprint density at radius 2 is 0.701 bits per heavy atom. The van der Waals surface area contributed by atoms with Gasteiger partial charge in [0, 0.05) is 19.3 Å². The van der Waals surface area contributed by atoms with Gasteiger partial charge in [-0.05, 0) is 139 Å². The molecule has 682 valence electrons. The largest absolute Gasteiger partial charge is 0.445 e. The minimum atomic E-state index is -5.07. The molecule has 0 unspecified atom stereocenters. The number of alkyl halides is 18. The summed E-state index contributed by atoms with van der Waals surface area (Å²) in [6.45, 7) is 24.9. The molecular weight excluding hydrogens is 1750 g/mol. The van der Waals surface area contributed by atoms with E-state index >= 15 is 0 Å². The first-order valence-electron chi connectivity index (χ1n) is 38.6. The highest BCUT2D eigenvalue weighted by Gasteiger charge is 2.59. The number of ether oxygens (including phenoxy) is 5. The van der Waals surface area contributed by atoms with Gasteiger partial charge in [0.25, 0.3) is 0 Å². The lowest BCUT2D eigenvalue weighted by Crippen LogP contribution is -2.65. The number of hydrogen-bond acceptors (Lipinski definition) is 13. The number of nitrogens with one attached hydrogen (secondary N) is 3. The molecule has 11 rings (SSSR count). The van der Waals surface area contributed by atoms with E-state index in [-0.39, 0.29) is 107 Å². The summed E-state index contributed by atoms with van der Waals surface area (Å²) in [5, 5.41) is 3.17. The zero-order valence-electron chi connectivity index (χ0n) is 68.2. The molecule has 8 aromatic rings. The maximum atomic E-state index is 13.9. The van der Waals surface area contributed by atoms with Crippen LogP contribution >= 0.6 is 0 Å². The third-order valence-corrected chi connectivity index (χ3v) is 23.2. The van der Waals surface area contributed by atoms with E-state index in [4.69, 9.17) is 49.1 Å². The Balaban J connectivity index is 0.000000217. The molecule has 3 heterocycles. The molecule has 0 radical (unpaired) electrons. The van der Waals surface area contributed by atoms with E-state index in [1.807, 2.05) is 0 Å². The summed E-state index contributed by atoms with van der Waals surface area (Å²) in [6.07, 6.45) is -33.5. The van der Waals surface area contributed by atoms with Crippen molar-refractivity contribution in [1.82, 2.24) is 24.6 Å². The SMILES string of the molecule is [C-]#[N+][C@]1(N)CC[C@@](CO[C@H](C)c2cc(C(F)(F)F)cc(C(F)(F)F)c2)(c2ccccc2)N(C(=O)OCc2ccccc2)C1.[C-]#[N+][C@]1(NS(C)(=O)=O)CC[C@@](CO[C@H](C)c2cc(C(F)(F)F)cc(C(F)(F)F)c2)(c2ccccc2)N(C(=O)OCc2ccccc2)C1.[C-]#[N+][C@]1(NS(C)(=O)=O)CC[C@@](CO[C@H](C)c2cc(C(F)(F)F)cc(C(F)(F)F)c2)(c2ccccc2)NC1. The van der Waals surface area contributed by atoms with Crippen molar-refractivity contribution in [3.8, 4) is 0 Å². The van der Waals surface area contributed by atoms with Gasteiger partial charge < -0.3 is 23.7 Å². The second-order valence-electron chi connectivity index (χ2n) is 31.0. The van der Waals surface area contributed by atoms with Gasteiger partial charge in [0.1, 0.15) is 26.3 Å². The average molecular weight is 1840 g/mol. The van der Waals surface area contributed by atoms with Gasteiger partial charge >= 0.3 is 66.2 Å². The Bertz CT molecular complexity index is 5390. The minimum Gasteiger partial charge on any atom is -0.445 e. The number of amides is 2. The Labute approximate surface area is 720 Å². The van der Waals surface area contributed by atoms with Crippen LogP contribution in [-0.4, -0.2) is 108 Å². The summed E-state index contributed by atoms with van der Waals surface area (Å²) >= 11 is 0. The molecule has 127 heavy (non-hydrogen) atoms. The smallest absolute Gasteiger partial charge is 0.416 e. The lowest BCUT2D eigenvalue weighted by atomic mass is 9.78.